The molecular weight excluding hydrogens is 757 g/mol. The van der Waals surface area contributed by atoms with E-state index in [0.29, 0.717) is 37.4 Å². The van der Waals surface area contributed by atoms with Crippen LogP contribution in [-0.2, 0) is 24.3 Å². The zero-order chi connectivity index (χ0) is 40.7. The Kier molecular flexibility index (Phi) is 10.7. The highest BCUT2D eigenvalue weighted by molar-refractivity contribution is 7.90. The third-order valence-electron chi connectivity index (χ3n) is 11.6. The van der Waals surface area contributed by atoms with E-state index in [1.807, 2.05) is 62.4 Å². The lowest BCUT2D eigenvalue weighted by Crippen LogP contribution is -2.51. The predicted octanol–water partition coefficient (Wildman–Crippen LogP) is 6.05. The summed E-state index contributed by atoms with van der Waals surface area (Å²) < 4.78 is 35.9. The zero-order valence-corrected chi connectivity index (χ0v) is 33.6. The number of aromatic nitrogens is 2. The molecule has 4 heterocycles. The summed E-state index contributed by atoms with van der Waals surface area (Å²) in [7, 11) is -2.74. The van der Waals surface area contributed by atoms with E-state index in [1.165, 1.54) is 7.11 Å². The molecule has 4 atom stereocenters. The van der Waals surface area contributed by atoms with Gasteiger partial charge in [-0.2, -0.15) is 8.42 Å². The first-order chi connectivity index (χ1) is 27.9. The number of ether oxygens (including phenoxy) is 1. The molecule has 0 bridgehead atoms. The molecule has 2 fully saturated rings. The molecular formula is C43H48N8O6S. The highest BCUT2D eigenvalue weighted by Gasteiger charge is 2.40. The maximum Gasteiger partial charge on any atom is 0.407 e. The van der Waals surface area contributed by atoms with E-state index in [1.54, 1.807) is 28.1 Å². The minimum absolute atomic E-state index is 0.0807. The van der Waals surface area contributed by atoms with Gasteiger partial charge in [0.2, 0.25) is 11.8 Å². The number of anilines is 1. The van der Waals surface area contributed by atoms with Crippen LogP contribution in [0.3, 0.4) is 0 Å². The number of likely N-dealkylation sites (tertiary alicyclic amines) is 2. The number of allylic oxidation sites excluding steroid dienone is 2. The second-order valence-corrected chi connectivity index (χ2v) is 17.2. The van der Waals surface area contributed by atoms with Crippen LogP contribution in [0.5, 0.6) is 0 Å². The third-order valence-corrected chi connectivity index (χ3v) is 12.9. The van der Waals surface area contributed by atoms with Crippen LogP contribution in [0, 0.1) is 5.92 Å². The first kappa shape index (κ1) is 39.0. The Bertz CT molecular complexity index is 2490. The van der Waals surface area contributed by atoms with E-state index in [0.717, 1.165) is 64.4 Å². The molecule has 0 radical (unpaired) electrons. The van der Waals surface area contributed by atoms with Crippen molar-refractivity contribution in [2.24, 2.45) is 16.0 Å². The number of carbonyl (C=O) groups is 3. The molecule has 8 rings (SSSR count). The first-order valence-electron chi connectivity index (χ1n) is 19.8. The van der Waals surface area contributed by atoms with Gasteiger partial charge in [-0.15, -0.1) is 4.40 Å². The molecule has 15 heteroatoms. The number of fused-ring (bicyclic) bond motifs is 2. The van der Waals surface area contributed by atoms with Gasteiger partial charge in [0.05, 0.1) is 36.8 Å². The lowest BCUT2D eigenvalue weighted by Gasteiger charge is -2.31. The van der Waals surface area contributed by atoms with Crippen LogP contribution in [0.4, 0.5) is 10.5 Å². The standard InChI is InChI=1S/C43H48N8O6S/c1-25(2)38(48-43(54)57-3)42(53)51-20-7-11-34(51)39-45-24-33(47-39)31-16-15-27-21-28(13-14-29(27)22-31)30-17-18-36-32(23-30)46-40(49-58(36,55)56)35-12-8-19-50(35)41(52)37(44)26-9-5-4-6-10-26/h5,9-10,13-18,21-25,34-35,37-38H,4,6-8,11-12,19-20,44H2,1-3H3,(H,45,47)(H,46,49)(H,48,54)/t34-,35-,37+,38-/m0/s1. The van der Waals surface area contributed by atoms with Crippen molar-refractivity contribution in [1.29, 1.82) is 0 Å². The molecule has 3 aromatic carbocycles. The van der Waals surface area contributed by atoms with Crippen molar-refractivity contribution in [2.75, 3.05) is 25.5 Å². The fourth-order valence-electron chi connectivity index (χ4n) is 8.45. The molecule has 2 saturated heterocycles. The average molecular weight is 805 g/mol. The maximum atomic E-state index is 13.6. The summed E-state index contributed by atoms with van der Waals surface area (Å²) in [6, 6.07) is 15.1. The largest absolute Gasteiger partial charge is 0.453 e. The van der Waals surface area contributed by atoms with Crippen molar-refractivity contribution in [3.63, 3.8) is 0 Å². The van der Waals surface area contributed by atoms with Crippen LogP contribution in [0.25, 0.3) is 33.2 Å². The van der Waals surface area contributed by atoms with E-state index in [-0.39, 0.29) is 34.5 Å². The van der Waals surface area contributed by atoms with Crippen LogP contribution < -0.4 is 16.4 Å². The minimum atomic E-state index is -4.02. The van der Waals surface area contributed by atoms with E-state index in [4.69, 9.17) is 10.5 Å². The maximum absolute atomic E-state index is 13.6. The van der Waals surface area contributed by atoms with Crippen molar-refractivity contribution in [3.05, 3.63) is 90.4 Å². The highest BCUT2D eigenvalue weighted by Crippen LogP contribution is 2.37. The number of aromatic amines is 1. The van der Waals surface area contributed by atoms with Gasteiger partial charge in [0, 0.05) is 18.7 Å². The van der Waals surface area contributed by atoms with E-state index in [9.17, 15) is 22.8 Å². The summed E-state index contributed by atoms with van der Waals surface area (Å²) in [5.74, 6) is 0.391. The van der Waals surface area contributed by atoms with E-state index in [2.05, 4.69) is 37.1 Å². The number of amidine groups is 1. The Balaban J connectivity index is 0.995. The van der Waals surface area contributed by atoms with Crippen molar-refractivity contribution in [1.82, 2.24) is 25.1 Å². The van der Waals surface area contributed by atoms with Crippen molar-refractivity contribution in [2.45, 2.75) is 81.4 Å². The Morgan fingerprint density at radius 3 is 2.28 bits per heavy atom. The Labute approximate surface area is 337 Å². The van der Waals surface area contributed by atoms with Gasteiger partial charge in [-0.05, 0) is 96.2 Å². The zero-order valence-electron chi connectivity index (χ0n) is 32.8. The SMILES string of the molecule is COC(=O)N[C@H](C(=O)N1CCC[C@H]1c1ncc(-c2ccc3cc(-c4ccc5c(c4)NC([C@@H]4CCCN4C(=O)[C@H](N)C4=CCCC=C4)=NS5(=O)=O)ccc3c2)[nH]1)C(C)C. The third kappa shape index (κ3) is 7.51. The van der Waals surface area contributed by atoms with Gasteiger partial charge in [0.1, 0.15) is 28.6 Å². The van der Waals surface area contributed by atoms with Gasteiger partial charge in [0.25, 0.3) is 10.0 Å². The summed E-state index contributed by atoms with van der Waals surface area (Å²) in [5.41, 5.74) is 11.1. The van der Waals surface area contributed by atoms with E-state index < -0.39 is 34.2 Å². The molecule has 1 aliphatic carbocycles. The minimum Gasteiger partial charge on any atom is -0.453 e. The van der Waals surface area contributed by atoms with Gasteiger partial charge in [-0.3, -0.25) is 9.59 Å². The molecule has 4 aromatic rings. The topological polar surface area (TPSA) is 192 Å². The normalized spacial score (nSPS) is 20.9. The number of nitrogens with two attached hydrogens (primary N) is 1. The number of imidazole rings is 1. The quantitative estimate of drug-likeness (QED) is 0.156. The number of H-pyrrole nitrogens is 1. The Morgan fingerprint density at radius 2 is 1.57 bits per heavy atom. The van der Waals surface area contributed by atoms with Gasteiger partial charge in [-0.25, -0.2) is 9.78 Å². The van der Waals surface area contributed by atoms with E-state index >= 15 is 0 Å². The molecule has 0 saturated carbocycles. The number of sulfonamides is 1. The smallest absolute Gasteiger partial charge is 0.407 e. The molecule has 0 spiro atoms. The number of rotatable bonds is 9. The average Bonchev–Trinajstić information content (AvgIpc) is 4.03. The number of hydrogen-bond acceptors (Lipinski definition) is 9. The fourth-order valence-corrected chi connectivity index (χ4v) is 9.61. The van der Waals surface area contributed by atoms with Crippen molar-refractivity contribution >= 4 is 50.2 Å². The Morgan fingerprint density at radius 1 is 0.897 bits per heavy atom. The van der Waals surface area contributed by atoms with Crippen LogP contribution in [0.1, 0.15) is 64.2 Å². The fraction of sp³-hybridized carbons (Fsp3) is 0.372. The molecule has 3 aliphatic heterocycles. The van der Waals surface area contributed by atoms with Crippen LogP contribution in [0.2, 0.25) is 0 Å². The van der Waals surface area contributed by atoms with Crippen LogP contribution in [-0.4, -0.2) is 90.3 Å². The van der Waals surface area contributed by atoms with Gasteiger partial charge >= 0.3 is 6.09 Å². The molecule has 0 unspecified atom stereocenters. The number of benzene rings is 3. The molecule has 58 heavy (non-hydrogen) atoms. The number of hydrogen-bond donors (Lipinski definition) is 4. The molecule has 5 N–H and O–H groups in total. The summed E-state index contributed by atoms with van der Waals surface area (Å²) >= 11 is 0. The van der Waals surface area contributed by atoms with Gasteiger partial charge in [0.15, 0.2) is 0 Å². The lowest BCUT2D eigenvalue weighted by atomic mass is 9.99. The number of carbonyl (C=O) groups excluding carboxylic acids is 3. The summed E-state index contributed by atoms with van der Waals surface area (Å²) in [5, 5.41) is 7.96. The van der Waals surface area contributed by atoms with Crippen molar-refractivity contribution < 1.29 is 27.5 Å². The van der Waals surface area contributed by atoms with Gasteiger partial charge in [-0.1, -0.05) is 62.4 Å². The molecule has 14 nitrogen and oxygen atoms in total. The number of nitrogens with zero attached hydrogens (tertiary/aromatic N) is 4. The second-order valence-electron chi connectivity index (χ2n) is 15.6. The highest BCUT2D eigenvalue weighted by atomic mass is 32.2. The molecule has 302 valence electrons. The number of alkyl carbamates (subject to hydrolysis) is 1. The van der Waals surface area contributed by atoms with Crippen molar-refractivity contribution in [3.8, 4) is 22.4 Å². The monoisotopic (exact) mass is 804 g/mol. The van der Waals surface area contributed by atoms with Gasteiger partial charge < -0.3 is 35.9 Å². The lowest BCUT2D eigenvalue weighted by molar-refractivity contribution is -0.135. The first-order valence-corrected chi connectivity index (χ1v) is 21.3. The summed E-state index contributed by atoms with van der Waals surface area (Å²) in [6.45, 7) is 4.82. The number of nitrogens with one attached hydrogen (secondary N) is 3. The summed E-state index contributed by atoms with van der Waals surface area (Å²) in [4.78, 5) is 50.8. The number of amides is 3. The van der Waals surface area contributed by atoms with Crippen LogP contribution >= 0.6 is 0 Å². The Hall–Kier alpha value is -5.80. The molecule has 1 aromatic heterocycles. The number of methoxy groups -OCH3 is 1. The predicted molar refractivity (Wildman–Crippen MR) is 222 cm³/mol. The molecule has 3 amide bonds. The molecule has 4 aliphatic rings. The summed E-state index contributed by atoms with van der Waals surface area (Å²) in [6.07, 6.45) is 11.6. The van der Waals surface area contributed by atoms with Crippen LogP contribution in [0.15, 0.2) is 93.9 Å². The second kappa shape index (κ2) is 15.9.